The van der Waals surface area contributed by atoms with Gasteiger partial charge in [0.2, 0.25) is 0 Å². The summed E-state index contributed by atoms with van der Waals surface area (Å²) >= 11 is 11.4. The Labute approximate surface area is 115 Å². The van der Waals surface area contributed by atoms with Crippen molar-refractivity contribution in [2.75, 3.05) is 23.0 Å². The minimum absolute atomic E-state index is 0.0581. The number of anilines is 2. The molecule has 0 bridgehead atoms. The molecule has 0 aliphatic carbocycles. The summed E-state index contributed by atoms with van der Waals surface area (Å²) in [6, 6.07) is 1.39. The van der Waals surface area contributed by atoms with Crippen LogP contribution in [0.4, 0.5) is 24.8 Å². The van der Waals surface area contributed by atoms with Crippen LogP contribution in [0.15, 0.2) is 6.07 Å². The van der Waals surface area contributed by atoms with Crippen molar-refractivity contribution in [1.82, 2.24) is 4.98 Å². The van der Waals surface area contributed by atoms with E-state index in [4.69, 9.17) is 29.0 Å². The molecule has 102 valence electrons. The number of hydrogen-bond donors (Lipinski definition) is 3. The molecule has 0 aliphatic rings. The van der Waals surface area contributed by atoms with Gasteiger partial charge in [0.1, 0.15) is 5.82 Å². The van der Waals surface area contributed by atoms with Crippen LogP contribution >= 0.6 is 35.0 Å². The van der Waals surface area contributed by atoms with Gasteiger partial charge in [0.15, 0.2) is 5.82 Å². The van der Waals surface area contributed by atoms with Gasteiger partial charge in [0.25, 0.3) is 0 Å². The van der Waals surface area contributed by atoms with Gasteiger partial charge in [-0.05, 0) is 17.8 Å². The summed E-state index contributed by atoms with van der Waals surface area (Å²) < 4.78 is 35.6. The Balaban J connectivity index is 2.57. The first kappa shape index (κ1) is 15.5. The lowest BCUT2D eigenvalue weighted by Crippen LogP contribution is -2.13. The molecular weight excluding hydrogens is 312 g/mol. The third kappa shape index (κ3) is 4.97. The van der Waals surface area contributed by atoms with Crippen molar-refractivity contribution in [3.05, 3.63) is 16.1 Å². The molecular formula is C8H9Cl2F3N4S. The average molecular weight is 321 g/mol. The van der Waals surface area contributed by atoms with Gasteiger partial charge in [-0.15, -0.1) is 0 Å². The molecule has 0 radical (unpaired) electrons. The first-order valence-electron chi connectivity index (χ1n) is 4.60. The van der Waals surface area contributed by atoms with Crippen molar-refractivity contribution in [1.29, 1.82) is 0 Å². The number of halogens is 5. The van der Waals surface area contributed by atoms with Crippen molar-refractivity contribution >= 4 is 46.6 Å². The van der Waals surface area contributed by atoms with Crippen LogP contribution < -0.4 is 16.6 Å². The number of nitrogens with zero attached hydrogens (tertiary/aromatic N) is 1. The SMILES string of the molecule is NNc1nc(NCCSC(F)(F)F)c(Cl)cc1Cl. The number of hydrazine groups is 1. The second-order valence-electron chi connectivity index (χ2n) is 3.01. The molecule has 1 rings (SSSR count). The Bertz CT molecular complexity index is 416. The topological polar surface area (TPSA) is 63.0 Å². The maximum Gasteiger partial charge on any atom is 0.441 e. The summed E-state index contributed by atoms with van der Waals surface area (Å²) in [4.78, 5) is 3.92. The van der Waals surface area contributed by atoms with E-state index in [1.165, 1.54) is 6.07 Å². The summed E-state index contributed by atoms with van der Waals surface area (Å²) in [6.45, 7) is 0.0581. The third-order valence-corrected chi connectivity index (χ3v) is 3.04. The Kier molecular flexibility index (Phi) is 5.64. The number of hydrogen-bond acceptors (Lipinski definition) is 5. The number of rotatable bonds is 5. The highest BCUT2D eigenvalue weighted by atomic mass is 35.5. The fraction of sp³-hybridized carbons (Fsp3) is 0.375. The highest BCUT2D eigenvalue weighted by molar-refractivity contribution is 8.00. The molecule has 0 unspecified atom stereocenters. The zero-order valence-corrected chi connectivity index (χ0v) is 11.1. The third-order valence-electron chi connectivity index (χ3n) is 1.73. The molecule has 10 heteroatoms. The van der Waals surface area contributed by atoms with Crippen LogP contribution in [-0.2, 0) is 0 Å². The van der Waals surface area contributed by atoms with E-state index in [1.54, 1.807) is 0 Å². The maximum atomic E-state index is 11.9. The van der Waals surface area contributed by atoms with Crippen molar-refractivity contribution in [2.24, 2.45) is 5.84 Å². The second-order valence-corrected chi connectivity index (χ2v) is 4.99. The van der Waals surface area contributed by atoms with Crippen LogP contribution in [0.25, 0.3) is 0 Å². The molecule has 0 saturated carbocycles. The maximum absolute atomic E-state index is 11.9. The summed E-state index contributed by atoms with van der Waals surface area (Å²) in [6.07, 6.45) is 0. The van der Waals surface area contributed by atoms with Crippen LogP contribution in [-0.4, -0.2) is 22.8 Å². The second kappa shape index (κ2) is 6.55. The number of aromatic nitrogens is 1. The van der Waals surface area contributed by atoms with Gasteiger partial charge in [0.05, 0.1) is 10.0 Å². The van der Waals surface area contributed by atoms with Crippen LogP contribution in [0.5, 0.6) is 0 Å². The molecule has 4 N–H and O–H groups in total. The van der Waals surface area contributed by atoms with E-state index in [-0.39, 0.29) is 45.7 Å². The molecule has 0 aromatic carbocycles. The van der Waals surface area contributed by atoms with Gasteiger partial charge in [-0.25, -0.2) is 10.8 Å². The van der Waals surface area contributed by atoms with Gasteiger partial charge >= 0.3 is 5.51 Å². The van der Waals surface area contributed by atoms with Gasteiger partial charge in [-0.1, -0.05) is 23.2 Å². The molecule has 0 fully saturated rings. The summed E-state index contributed by atoms with van der Waals surface area (Å²) in [7, 11) is 0. The molecule has 0 spiro atoms. The number of nitrogens with one attached hydrogen (secondary N) is 2. The summed E-state index contributed by atoms with van der Waals surface area (Å²) in [5.74, 6) is 5.41. The number of thioether (sulfide) groups is 1. The number of nitrogen functional groups attached to an aromatic ring is 1. The molecule has 18 heavy (non-hydrogen) atoms. The molecule has 4 nitrogen and oxygen atoms in total. The van der Waals surface area contributed by atoms with E-state index in [0.717, 1.165) is 0 Å². The minimum atomic E-state index is -4.25. The van der Waals surface area contributed by atoms with Crippen LogP contribution in [0.3, 0.4) is 0 Å². The van der Waals surface area contributed by atoms with E-state index in [1.807, 2.05) is 0 Å². The van der Waals surface area contributed by atoms with Crippen molar-refractivity contribution in [2.45, 2.75) is 5.51 Å². The monoisotopic (exact) mass is 320 g/mol. The molecule has 0 saturated heterocycles. The Morgan fingerprint density at radius 1 is 1.28 bits per heavy atom. The quantitative estimate of drug-likeness (QED) is 0.441. The molecule has 0 atom stereocenters. The summed E-state index contributed by atoms with van der Waals surface area (Å²) in [5.41, 5.74) is -2.00. The fourth-order valence-corrected chi connectivity index (χ4v) is 1.94. The predicted molar refractivity (Wildman–Crippen MR) is 69.1 cm³/mol. The van der Waals surface area contributed by atoms with Gasteiger partial charge in [-0.3, -0.25) is 0 Å². The normalized spacial score (nSPS) is 11.4. The van der Waals surface area contributed by atoms with Crippen LogP contribution in [0.2, 0.25) is 10.0 Å². The first-order chi connectivity index (χ1) is 8.33. The van der Waals surface area contributed by atoms with Crippen LogP contribution in [0.1, 0.15) is 0 Å². The number of alkyl halides is 3. The van der Waals surface area contributed by atoms with E-state index in [2.05, 4.69) is 15.7 Å². The first-order valence-corrected chi connectivity index (χ1v) is 6.35. The van der Waals surface area contributed by atoms with Crippen molar-refractivity contribution < 1.29 is 13.2 Å². The van der Waals surface area contributed by atoms with Gasteiger partial charge < -0.3 is 10.7 Å². The van der Waals surface area contributed by atoms with E-state index in [0.29, 0.717) is 0 Å². The number of pyridine rings is 1. The lowest BCUT2D eigenvalue weighted by Gasteiger charge is -2.11. The van der Waals surface area contributed by atoms with E-state index < -0.39 is 5.51 Å². The lowest BCUT2D eigenvalue weighted by molar-refractivity contribution is -0.0327. The van der Waals surface area contributed by atoms with Crippen molar-refractivity contribution in [3.63, 3.8) is 0 Å². The average Bonchev–Trinajstić information content (AvgIpc) is 2.25. The highest BCUT2D eigenvalue weighted by Gasteiger charge is 2.27. The van der Waals surface area contributed by atoms with Crippen LogP contribution in [0, 0.1) is 0 Å². The molecule has 1 aromatic heterocycles. The minimum Gasteiger partial charge on any atom is -0.368 e. The van der Waals surface area contributed by atoms with E-state index >= 15 is 0 Å². The lowest BCUT2D eigenvalue weighted by atomic mass is 10.4. The van der Waals surface area contributed by atoms with Crippen molar-refractivity contribution in [3.8, 4) is 0 Å². The molecule has 1 heterocycles. The standard InChI is InChI=1S/C8H9Cl2F3N4S/c9-4-3-5(10)7(17-14)16-6(4)15-1-2-18-8(11,12)13/h3H,1-2,14H2,(H2,15,16,17). The Hall–Kier alpha value is -0.570. The summed E-state index contributed by atoms with van der Waals surface area (Å²) in [5, 5.41) is 3.09. The highest BCUT2D eigenvalue weighted by Crippen LogP contribution is 2.31. The fourth-order valence-electron chi connectivity index (χ4n) is 1.03. The molecule has 0 aliphatic heterocycles. The smallest absolute Gasteiger partial charge is 0.368 e. The number of nitrogens with two attached hydrogens (primary N) is 1. The predicted octanol–water partition coefficient (Wildman–Crippen LogP) is 3.34. The van der Waals surface area contributed by atoms with Gasteiger partial charge in [0, 0.05) is 12.3 Å². The zero-order valence-electron chi connectivity index (χ0n) is 8.81. The largest absolute Gasteiger partial charge is 0.441 e. The van der Waals surface area contributed by atoms with E-state index in [9.17, 15) is 13.2 Å². The Morgan fingerprint density at radius 2 is 1.89 bits per heavy atom. The molecule has 0 amide bonds. The zero-order chi connectivity index (χ0) is 13.8. The van der Waals surface area contributed by atoms with Gasteiger partial charge in [-0.2, -0.15) is 13.2 Å². The molecule has 1 aromatic rings. The Morgan fingerprint density at radius 3 is 2.44 bits per heavy atom.